The number of hydrogen-bond donors (Lipinski definition) is 1. The summed E-state index contributed by atoms with van der Waals surface area (Å²) >= 11 is 0. The van der Waals surface area contributed by atoms with E-state index in [0.717, 1.165) is 6.07 Å². The van der Waals surface area contributed by atoms with Gasteiger partial charge in [0.2, 0.25) is 0 Å². The van der Waals surface area contributed by atoms with Crippen molar-refractivity contribution in [2.45, 2.75) is 6.92 Å². The predicted molar refractivity (Wildman–Crippen MR) is 47.4 cm³/mol. The first kappa shape index (κ1) is 9.51. The Hall–Kier alpha value is -1.58. The molecule has 1 aromatic carbocycles. The molecule has 0 aliphatic carbocycles. The minimum absolute atomic E-state index is 0.0272. The van der Waals surface area contributed by atoms with Crippen molar-refractivity contribution in [2.75, 3.05) is 12.8 Å². The van der Waals surface area contributed by atoms with Crippen LogP contribution < -0.4 is 10.5 Å². The van der Waals surface area contributed by atoms with Gasteiger partial charge in [-0.15, -0.1) is 0 Å². The smallest absolute Gasteiger partial charge is 0.167 e. The second kappa shape index (κ2) is 3.43. The molecule has 0 radical (unpaired) electrons. The number of anilines is 1. The van der Waals surface area contributed by atoms with Crippen molar-refractivity contribution in [3.05, 3.63) is 23.5 Å². The van der Waals surface area contributed by atoms with Crippen molar-refractivity contribution in [1.29, 1.82) is 0 Å². The summed E-state index contributed by atoms with van der Waals surface area (Å²) in [6, 6.07) is 2.38. The highest BCUT2D eigenvalue weighted by Gasteiger charge is 2.10. The van der Waals surface area contributed by atoms with Crippen molar-refractivity contribution >= 4 is 11.5 Å². The molecule has 0 saturated carbocycles. The summed E-state index contributed by atoms with van der Waals surface area (Å²) in [4.78, 5) is 11.0. The molecule has 1 rings (SSSR count). The Balaban J connectivity index is 3.30. The van der Waals surface area contributed by atoms with Gasteiger partial charge in [-0.05, 0) is 13.0 Å². The molecule has 13 heavy (non-hydrogen) atoms. The molecule has 0 spiro atoms. The molecule has 3 nitrogen and oxygen atoms in total. The average molecular weight is 183 g/mol. The number of nitrogen functional groups attached to an aromatic ring is 1. The monoisotopic (exact) mass is 183 g/mol. The fraction of sp³-hybridized carbons (Fsp3) is 0.222. The Morgan fingerprint density at radius 3 is 2.62 bits per heavy atom. The zero-order valence-corrected chi connectivity index (χ0v) is 7.43. The number of nitrogens with two attached hydrogens (primary N) is 1. The Morgan fingerprint density at radius 2 is 2.15 bits per heavy atom. The van der Waals surface area contributed by atoms with Gasteiger partial charge in [-0.25, -0.2) is 4.39 Å². The van der Waals surface area contributed by atoms with Crippen molar-refractivity contribution in [2.24, 2.45) is 0 Å². The Bertz CT molecular complexity index is 350. The molecule has 0 unspecified atom stereocenters. The lowest BCUT2D eigenvalue weighted by atomic mass is 10.1. The first-order valence-corrected chi connectivity index (χ1v) is 3.70. The highest BCUT2D eigenvalue weighted by molar-refractivity contribution is 5.99. The molecule has 0 bridgehead atoms. The SMILES string of the molecule is COc1cc(C(C)=O)c(N)cc1F. The summed E-state index contributed by atoms with van der Waals surface area (Å²) < 4.78 is 17.7. The molecule has 0 heterocycles. The van der Waals surface area contributed by atoms with Gasteiger partial charge in [-0.1, -0.05) is 0 Å². The second-order valence-corrected chi connectivity index (χ2v) is 2.63. The molecular weight excluding hydrogens is 173 g/mol. The van der Waals surface area contributed by atoms with E-state index < -0.39 is 5.82 Å². The van der Waals surface area contributed by atoms with Gasteiger partial charge in [0.1, 0.15) is 0 Å². The van der Waals surface area contributed by atoms with Crippen LogP contribution in [0, 0.1) is 5.82 Å². The fourth-order valence-electron chi connectivity index (χ4n) is 1.03. The van der Waals surface area contributed by atoms with Gasteiger partial charge in [-0.3, -0.25) is 4.79 Å². The number of carbonyl (C=O) groups is 1. The lowest BCUT2D eigenvalue weighted by molar-refractivity contribution is 0.101. The minimum Gasteiger partial charge on any atom is -0.494 e. The van der Waals surface area contributed by atoms with Crippen LogP contribution in [0.3, 0.4) is 0 Å². The highest BCUT2D eigenvalue weighted by Crippen LogP contribution is 2.23. The van der Waals surface area contributed by atoms with E-state index in [1.54, 1.807) is 0 Å². The molecule has 0 amide bonds. The number of Topliss-reactive ketones (excluding diaryl/α,β-unsaturated/α-hetero) is 1. The number of ether oxygens (including phenoxy) is 1. The van der Waals surface area contributed by atoms with Crippen LogP contribution in [0.1, 0.15) is 17.3 Å². The molecule has 0 aromatic heterocycles. The van der Waals surface area contributed by atoms with Gasteiger partial charge in [0.05, 0.1) is 7.11 Å². The number of halogens is 1. The lowest BCUT2D eigenvalue weighted by Crippen LogP contribution is -2.01. The zero-order valence-electron chi connectivity index (χ0n) is 7.43. The number of carbonyl (C=O) groups excluding carboxylic acids is 1. The third kappa shape index (κ3) is 1.77. The topological polar surface area (TPSA) is 52.3 Å². The minimum atomic E-state index is -0.565. The van der Waals surface area contributed by atoms with Gasteiger partial charge >= 0.3 is 0 Å². The number of rotatable bonds is 2. The zero-order chi connectivity index (χ0) is 10.0. The number of methoxy groups -OCH3 is 1. The van der Waals surface area contributed by atoms with Gasteiger partial charge in [0.25, 0.3) is 0 Å². The Kier molecular flexibility index (Phi) is 2.51. The van der Waals surface area contributed by atoms with E-state index >= 15 is 0 Å². The number of ketones is 1. The normalized spacial score (nSPS) is 9.77. The van der Waals surface area contributed by atoms with Crippen LogP contribution in [0.15, 0.2) is 12.1 Å². The molecular formula is C9H10FNO2. The Morgan fingerprint density at radius 1 is 1.54 bits per heavy atom. The van der Waals surface area contributed by atoms with Gasteiger partial charge in [0.15, 0.2) is 17.3 Å². The lowest BCUT2D eigenvalue weighted by Gasteiger charge is -2.06. The largest absolute Gasteiger partial charge is 0.494 e. The quantitative estimate of drug-likeness (QED) is 0.560. The van der Waals surface area contributed by atoms with Crippen LogP contribution in [-0.4, -0.2) is 12.9 Å². The third-order valence-corrected chi connectivity index (χ3v) is 1.70. The summed E-state index contributed by atoms with van der Waals surface area (Å²) in [5.41, 5.74) is 5.84. The third-order valence-electron chi connectivity index (χ3n) is 1.70. The number of benzene rings is 1. The van der Waals surface area contributed by atoms with E-state index in [0.29, 0.717) is 0 Å². The van der Waals surface area contributed by atoms with E-state index in [2.05, 4.69) is 0 Å². The van der Waals surface area contributed by atoms with Gasteiger partial charge < -0.3 is 10.5 Å². The van der Waals surface area contributed by atoms with Crippen LogP contribution in [0.2, 0.25) is 0 Å². The van der Waals surface area contributed by atoms with Crippen molar-refractivity contribution in [1.82, 2.24) is 0 Å². The highest BCUT2D eigenvalue weighted by atomic mass is 19.1. The van der Waals surface area contributed by atoms with Crippen LogP contribution in [-0.2, 0) is 0 Å². The van der Waals surface area contributed by atoms with Crippen LogP contribution >= 0.6 is 0 Å². The van der Waals surface area contributed by atoms with E-state index in [9.17, 15) is 9.18 Å². The average Bonchev–Trinajstić information content (AvgIpc) is 2.03. The first-order chi connectivity index (χ1) is 6.06. The first-order valence-electron chi connectivity index (χ1n) is 3.70. The summed E-state index contributed by atoms with van der Waals surface area (Å²) in [5.74, 6) is -0.750. The standard InChI is InChI=1S/C9H10FNO2/c1-5(12)6-3-9(13-2)7(10)4-8(6)11/h3-4H,11H2,1-2H3. The van der Waals surface area contributed by atoms with E-state index in [1.807, 2.05) is 0 Å². The van der Waals surface area contributed by atoms with Crippen LogP contribution in [0.25, 0.3) is 0 Å². The summed E-state index contributed by atoms with van der Waals surface area (Å²) in [6.45, 7) is 1.36. The summed E-state index contributed by atoms with van der Waals surface area (Å²) in [7, 11) is 1.33. The van der Waals surface area contributed by atoms with Crippen molar-refractivity contribution in [3.8, 4) is 5.75 Å². The molecule has 70 valence electrons. The molecule has 0 saturated heterocycles. The predicted octanol–water partition coefficient (Wildman–Crippen LogP) is 1.62. The maximum atomic E-state index is 13.0. The van der Waals surface area contributed by atoms with E-state index in [4.69, 9.17) is 10.5 Å². The fourth-order valence-corrected chi connectivity index (χ4v) is 1.03. The van der Waals surface area contributed by atoms with Crippen molar-refractivity contribution < 1.29 is 13.9 Å². The van der Waals surface area contributed by atoms with Gasteiger partial charge in [-0.2, -0.15) is 0 Å². The van der Waals surface area contributed by atoms with Gasteiger partial charge in [0, 0.05) is 17.3 Å². The molecule has 0 aliphatic rings. The summed E-state index contributed by atoms with van der Waals surface area (Å²) in [6.07, 6.45) is 0. The second-order valence-electron chi connectivity index (χ2n) is 2.63. The molecule has 0 fully saturated rings. The molecule has 2 N–H and O–H groups in total. The van der Waals surface area contributed by atoms with Crippen molar-refractivity contribution in [3.63, 3.8) is 0 Å². The molecule has 4 heteroatoms. The van der Waals surface area contributed by atoms with E-state index in [-0.39, 0.29) is 22.8 Å². The molecule has 0 atom stereocenters. The maximum Gasteiger partial charge on any atom is 0.167 e. The molecule has 1 aromatic rings. The van der Waals surface area contributed by atoms with Crippen LogP contribution in [0.4, 0.5) is 10.1 Å². The maximum absolute atomic E-state index is 13.0. The van der Waals surface area contributed by atoms with Crippen LogP contribution in [0.5, 0.6) is 5.75 Å². The molecule has 0 aliphatic heterocycles. The summed E-state index contributed by atoms with van der Waals surface area (Å²) in [5, 5.41) is 0. The number of hydrogen-bond acceptors (Lipinski definition) is 3. The Labute approximate surface area is 75.3 Å². The van der Waals surface area contributed by atoms with E-state index in [1.165, 1.54) is 20.1 Å².